The van der Waals surface area contributed by atoms with E-state index in [1.807, 2.05) is 41.1 Å². The minimum absolute atomic E-state index is 0.0835. The number of methoxy groups -OCH3 is 1. The smallest absolute Gasteiger partial charge is 0.227 e. The standard InChI is InChI=1S/C23H34N2O3/c1-24(14-6-10-18-7-3-4-8-18)23(27)20-12-13-22(26)25(17-20)16-19-9-5-11-21(15-19)28-2/h5,9,11,15,18,20H,3-4,6-8,10,12-14,16-17H2,1-2H3/t20-/m0/s1. The van der Waals surface area contributed by atoms with Gasteiger partial charge in [0.1, 0.15) is 5.75 Å². The normalized spacial score (nSPS) is 20.4. The van der Waals surface area contributed by atoms with Crippen LogP contribution in [0, 0.1) is 11.8 Å². The fraction of sp³-hybridized carbons (Fsp3) is 0.652. The summed E-state index contributed by atoms with van der Waals surface area (Å²) in [5, 5.41) is 0. The number of hydrogen-bond donors (Lipinski definition) is 0. The van der Waals surface area contributed by atoms with Gasteiger partial charge < -0.3 is 14.5 Å². The Morgan fingerprint density at radius 1 is 1.25 bits per heavy atom. The van der Waals surface area contributed by atoms with Gasteiger partial charge in [0.25, 0.3) is 0 Å². The third-order valence-electron chi connectivity index (χ3n) is 6.31. The maximum atomic E-state index is 12.9. The molecule has 2 amide bonds. The van der Waals surface area contributed by atoms with Crippen LogP contribution >= 0.6 is 0 Å². The van der Waals surface area contributed by atoms with E-state index >= 15 is 0 Å². The van der Waals surface area contributed by atoms with Gasteiger partial charge in [-0.15, -0.1) is 0 Å². The molecule has 2 fully saturated rings. The van der Waals surface area contributed by atoms with Crippen LogP contribution < -0.4 is 4.74 Å². The molecule has 0 aromatic heterocycles. The van der Waals surface area contributed by atoms with E-state index in [-0.39, 0.29) is 17.7 Å². The molecule has 28 heavy (non-hydrogen) atoms. The van der Waals surface area contributed by atoms with Gasteiger partial charge in [0.2, 0.25) is 11.8 Å². The summed E-state index contributed by atoms with van der Waals surface area (Å²) in [5.74, 6) is 1.90. The lowest BCUT2D eigenvalue weighted by Crippen LogP contribution is -2.46. The number of piperidine rings is 1. The highest BCUT2D eigenvalue weighted by Crippen LogP contribution is 2.29. The molecule has 2 aliphatic rings. The Hall–Kier alpha value is -2.04. The fourth-order valence-corrected chi connectivity index (χ4v) is 4.60. The Morgan fingerprint density at radius 2 is 2.04 bits per heavy atom. The van der Waals surface area contributed by atoms with Crippen molar-refractivity contribution in [2.45, 2.75) is 57.9 Å². The first kappa shape index (κ1) is 20.7. The van der Waals surface area contributed by atoms with Crippen molar-refractivity contribution in [3.05, 3.63) is 29.8 Å². The quantitative estimate of drug-likeness (QED) is 0.682. The molecule has 1 heterocycles. The van der Waals surface area contributed by atoms with Crippen LogP contribution in [0.3, 0.4) is 0 Å². The van der Waals surface area contributed by atoms with Gasteiger partial charge in [-0.05, 0) is 42.9 Å². The minimum atomic E-state index is -0.0835. The number of ether oxygens (including phenoxy) is 1. The highest BCUT2D eigenvalue weighted by molar-refractivity contribution is 5.83. The number of amides is 2. The van der Waals surface area contributed by atoms with Crippen LogP contribution in [-0.2, 0) is 16.1 Å². The number of carbonyl (C=O) groups excluding carboxylic acids is 2. The predicted octanol–water partition coefficient (Wildman–Crippen LogP) is 3.86. The van der Waals surface area contributed by atoms with Gasteiger partial charge in [-0.25, -0.2) is 0 Å². The number of nitrogens with zero attached hydrogens (tertiary/aromatic N) is 2. The van der Waals surface area contributed by atoms with Crippen LogP contribution in [0.5, 0.6) is 5.75 Å². The van der Waals surface area contributed by atoms with Crippen LogP contribution in [0.25, 0.3) is 0 Å². The van der Waals surface area contributed by atoms with E-state index in [0.717, 1.165) is 30.2 Å². The van der Waals surface area contributed by atoms with Crippen LogP contribution in [0.1, 0.15) is 56.9 Å². The third-order valence-corrected chi connectivity index (χ3v) is 6.31. The second kappa shape index (κ2) is 9.94. The van der Waals surface area contributed by atoms with Gasteiger partial charge in [-0.3, -0.25) is 9.59 Å². The minimum Gasteiger partial charge on any atom is -0.497 e. The molecule has 1 saturated heterocycles. The summed E-state index contributed by atoms with van der Waals surface area (Å²) in [5.41, 5.74) is 1.03. The molecule has 0 unspecified atom stereocenters. The van der Waals surface area contributed by atoms with E-state index in [1.54, 1.807) is 7.11 Å². The van der Waals surface area contributed by atoms with Crippen LogP contribution in [0.15, 0.2) is 24.3 Å². The summed E-state index contributed by atoms with van der Waals surface area (Å²) in [7, 11) is 3.56. The first-order chi connectivity index (χ1) is 13.6. The Labute approximate surface area is 169 Å². The first-order valence-corrected chi connectivity index (χ1v) is 10.7. The van der Waals surface area contributed by atoms with Crippen molar-refractivity contribution < 1.29 is 14.3 Å². The first-order valence-electron chi connectivity index (χ1n) is 10.7. The number of carbonyl (C=O) groups is 2. The maximum Gasteiger partial charge on any atom is 0.227 e. The molecule has 1 aliphatic carbocycles. The maximum absolute atomic E-state index is 12.9. The van der Waals surface area contributed by atoms with Crippen molar-refractivity contribution in [1.29, 1.82) is 0 Å². The van der Waals surface area contributed by atoms with E-state index in [0.29, 0.717) is 25.9 Å². The molecule has 0 N–H and O–H groups in total. The summed E-state index contributed by atoms with van der Waals surface area (Å²) in [6, 6.07) is 7.78. The van der Waals surface area contributed by atoms with E-state index in [2.05, 4.69) is 0 Å². The monoisotopic (exact) mass is 386 g/mol. The van der Waals surface area contributed by atoms with Crippen LogP contribution in [0.2, 0.25) is 0 Å². The molecule has 3 rings (SSSR count). The van der Waals surface area contributed by atoms with Crippen molar-refractivity contribution in [3.8, 4) is 5.75 Å². The van der Waals surface area contributed by atoms with Crippen LogP contribution in [0.4, 0.5) is 0 Å². The molecule has 1 saturated carbocycles. The van der Waals surface area contributed by atoms with E-state index < -0.39 is 0 Å². The fourth-order valence-electron chi connectivity index (χ4n) is 4.60. The average molecular weight is 387 g/mol. The van der Waals surface area contributed by atoms with Gasteiger partial charge in [-0.1, -0.05) is 37.8 Å². The molecular formula is C23H34N2O3. The van der Waals surface area contributed by atoms with E-state index in [4.69, 9.17) is 4.74 Å². The van der Waals surface area contributed by atoms with E-state index in [9.17, 15) is 9.59 Å². The molecule has 1 aromatic rings. The summed E-state index contributed by atoms with van der Waals surface area (Å²) in [4.78, 5) is 29.0. The van der Waals surface area contributed by atoms with Crippen molar-refractivity contribution in [2.24, 2.45) is 11.8 Å². The Balaban J connectivity index is 1.50. The van der Waals surface area contributed by atoms with Gasteiger partial charge in [0.05, 0.1) is 13.0 Å². The Morgan fingerprint density at radius 3 is 2.79 bits per heavy atom. The topological polar surface area (TPSA) is 49.9 Å². The molecule has 1 aliphatic heterocycles. The summed E-state index contributed by atoms with van der Waals surface area (Å²) in [6.07, 6.45) is 8.92. The van der Waals surface area contributed by atoms with Gasteiger partial charge >= 0.3 is 0 Å². The second-order valence-corrected chi connectivity index (χ2v) is 8.41. The zero-order chi connectivity index (χ0) is 19.9. The molecule has 1 atom stereocenters. The number of benzene rings is 1. The SMILES string of the molecule is COc1cccc(CN2C[C@@H](C(=O)N(C)CCCC3CCCC3)CCC2=O)c1. The molecule has 0 bridgehead atoms. The summed E-state index contributed by atoms with van der Waals surface area (Å²) in [6.45, 7) is 1.88. The zero-order valence-electron chi connectivity index (χ0n) is 17.4. The lowest BCUT2D eigenvalue weighted by atomic mass is 9.95. The highest BCUT2D eigenvalue weighted by Gasteiger charge is 2.31. The van der Waals surface area contributed by atoms with Gasteiger partial charge in [0, 0.05) is 33.1 Å². The van der Waals surface area contributed by atoms with Crippen LogP contribution in [-0.4, -0.2) is 48.9 Å². The molecule has 0 radical (unpaired) electrons. The molecule has 5 nitrogen and oxygen atoms in total. The number of hydrogen-bond acceptors (Lipinski definition) is 3. The highest BCUT2D eigenvalue weighted by atomic mass is 16.5. The van der Waals surface area contributed by atoms with Crippen molar-refractivity contribution in [1.82, 2.24) is 9.80 Å². The number of likely N-dealkylation sites (tertiary alicyclic amines) is 1. The van der Waals surface area contributed by atoms with E-state index in [1.165, 1.54) is 32.1 Å². The van der Waals surface area contributed by atoms with Crippen molar-refractivity contribution in [3.63, 3.8) is 0 Å². The zero-order valence-corrected chi connectivity index (χ0v) is 17.4. The lowest BCUT2D eigenvalue weighted by molar-refractivity contribution is -0.142. The number of rotatable bonds is 8. The molecule has 5 heteroatoms. The summed E-state index contributed by atoms with van der Waals surface area (Å²) < 4.78 is 5.27. The molecule has 154 valence electrons. The largest absolute Gasteiger partial charge is 0.497 e. The molecular weight excluding hydrogens is 352 g/mol. The third kappa shape index (κ3) is 5.49. The molecule has 1 aromatic carbocycles. The second-order valence-electron chi connectivity index (χ2n) is 8.41. The average Bonchev–Trinajstić information content (AvgIpc) is 3.22. The van der Waals surface area contributed by atoms with Gasteiger partial charge in [0.15, 0.2) is 0 Å². The van der Waals surface area contributed by atoms with Crippen molar-refractivity contribution in [2.75, 3.05) is 27.2 Å². The Kier molecular flexibility index (Phi) is 7.35. The molecule has 0 spiro atoms. The lowest BCUT2D eigenvalue weighted by Gasteiger charge is -2.34. The predicted molar refractivity (Wildman–Crippen MR) is 110 cm³/mol. The van der Waals surface area contributed by atoms with Crippen molar-refractivity contribution >= 4 is 11.8 Å². The van der Waals surface area contributed by atoms with Gasteiger partial charge in [-0.2, -0.15) is 0 Å². The Bertz CT molecular complexity index is 670. The summed E-state index contributed by atoms with van der Waals surface area (Å²) >= 11 is 0.